The number of nitrogens with two attached hydrogens (primary N) is 1. The van der Waals surface area contributed by atoms with Gasteiger partial charge in [-0.15, -0.1) is 11.3 Å². The summed E-state index contributed by atoms with van der Waals surface area (Å²) in [6.07, 6.45) is 3.63. The molecule has 1 aromatic rings. The van der Waals surface area contributed by atoms with Gasteiger partial charge in [0.15, 0.2) is 0 Å². The fourth-order valence-electron chi connectivity index (χ4n) is 4.37. The van der Waals surface area contributed by atoms with E-state index in [0.29, 0.717) is 15.8 Å². The van der Waals surface area contributed by atoms with Gasteiger partial charge in [-0.2, -0.15) is 15.8 Å². The Labute approximate surface area is 169 Å². The number of allylic oxidation sites excluding steroid dienone is 3. The Morgan fingerprint density at radius 1 is 1.22 bits per heavy atom. The fraction of sp³-hybridized carbons (Fsp3) is 0.476. The highest BCUT2D eigenvalue weighted by Gasteiger charge is 2.53. The molecule has 138 valence electrons. The van der Waals surface area contributed by atoms with Gasteiger partial charge in [0, 0.05) is 10.8 Å². The second-order valence-electron chi connectivity index (χ2n) is 8.33. The summed E-state index contributed by atoms with van der Waals surface area (Å²) in [7, 11) is 0. The molecular weight excluding hydrogens is 376 g/mol. The standard InChI is InChI=1S/C21H21ClN4S/c1-20(2,3)12-4-5-15-13(8-12)18(16-6-7-17(22)27-16)14(9-23)19(26)21(15,10-24)11-25/h5-7,12-13,18H,4,8,26H2,1-3H3/t12-,13-,18-/m1/s1. The highest BCUT2D eigenvalue weighted by atomic mass is 35.5. The second-order valence-corrected chi connectivity index (χ2v) is 10.1. The van der Waals surface area contributed by atoms with Crippen LogP contribution in [0.4, 0.5) is 0 Å². The lowest BCUT2D eigenvalue weighted by molar-refractivity contribution is 0.181. The Balaban J connectivity index is 2.27. The third kappa shape index (κ3) is 2.94. The van der Waals surface area contributed by atoms with Crippen molar-refractivity contribution in [3.8, 4) is 18.2 Å². The molecule has 0 saturated heterocycles. The van der Waals surface area contributed by atoms with Crippen molar-refractivity contribution < 1.29 is 0 Å². The first kappa shape index (κ1) is 19.5. The van der Waals surface area contributed by atoms with Crippen LogP contribution in [-0.2, 0) is 0 Å². The quantitative estimate of drug-likeness (QED) is 0.654. The molecule has 27 heavy (non-hydrogen) atoms. The average Bonchev–Trinajstić information content (AvgIpc) is 3.06. The van der Waals surface area contributed by atoms with E-state index in [9.17, 15) is 15.8 Å². The predicted octanol–water partition coefficient (Wildman–Crippen LogP) is 5.27. The van der Waals surface area contributed by atoms with Crippen LogP contribution in [0.25, 0.3) is 0 Å². The van der Waals surface area contributed by atoms with Crippen LogP contribution in [0.15, 0.2) is 35.1 Å². The Hall–Kier alpha value is -2.26. The van der Waals surface area contributed by atoms with Gasteiger partial charge in [-0.3, -0.25) is 0 Å². The summed E-state index contributed by atoms with van der Waals surface area (Å²) in [5.74, 6) is 0.0104. The maximum atomic E-state index is 9.90. The number of thiophene rings is 1. The normalized spacial score (nSPS) is 27.0. The van der Waals surface area contributed by atoms with Crippen LogP contribution < -0.4 is 5.73 Å². The molecule has 0 saturated carbocycles. The second kappa shape index (κ2) is 6.72. The van der Waals surface area contributed by atoms with Crippen molar-refractivity contribution in [2.75, 3.05) is 0 Å². The van der Waals surface area contributed by atoms with E-state index in [0.717, 1.165) is 23.3 Å². The van der Waals surface area contributed by atoms with Crippen LogP contribution in [0.3, 0.4) is 0 Å². The van der Waals surface area contributed by atoms with E-state index in [1.807, 2.05) is 18.2 Å². The van der Waals surface area contributed by atoms with Gasteiger partial charge < -0.3 is 5.73 Å². The van der Waals surface area contributed by atoms with Gasteiger partial charge >= 0.3 is 0 Å². The van der Waals surface area contributed by atoms with E-state index < -0.39 is 5.41 Å². The first-order valence-corrected chi connectivity index (χ1v) is 10.1. The molecule has 3 atom stereocenters. The van der Waals surface area contributed by atoms with E-state index in [-0.39, 0.29) is 22.9 Å². The largest absolute Gasteiger partial charge is 0.399 e. The molecule has 1 heterocycles. The van der Waals surface area contributed by atoms with E-state index in [1.165, 1.54) is 11.3 Å². The van der Waals surface area contributed by atoms with Gasteiger partial charge in [-0.05, 0) is 47.8 Å². The molecule has 2 aliphatic rings. The number of hydrogen-bond acceptors (Lipinski definition) is 5. The molecule has 4 nitrogen and oxygen atoms in total. The van der Waals surface area contributed by atoms with E-state index in [4.69, 9.17) is 17.3 Å². The lowest BCUT2D eigenvalue weighted by Gasteiger charge is -2.46. The van der Waals surface area contributed by atoms with Gasteiger partial charge in [0.2, 0.25) is 5.41 Å². The first-order valence-electron chi connectivity index (χ1n) is 8.88. The summed E-state index contributed by atoms with van der Waals surface area (Å²) >= 11 is 7.59. The lowest BCUT2D eigenvalue weighted by atomic mass is 9.56. The summed E-state index contributed by atoms with van der Waals surface area (Å²) in [6, 6.07) is 10.2. The van der Waals surface area contributed by atoms with Crippen LogP contribution in [0.5, 0.6) is 0 Å². The van der Waals surface area contributed by atoms with Gasteiger partial charge in [0.1, 0.15) is 0 Å². The maximum Gasteiger partial charge on any atom is 0.204 e. The lowest BCUT2D eigenvalue weighted by Crippen LogP contribution is -2.42. The summed E-state index contributed by atoms with van der Waals surface area (Å²) < 4.78 is 0.645. The molecule has 0 unspecified atom stereocenters. The molecule has 0 spiro atoms. The van der Waals surface area contributed by atoms with Crippen molar-refractivity contribution in [3.05, 3.63) is 44.3 Å². The number of nitrogens with zero attached hydrogens (tertiary/aromatic N) is 3. The number of fused-ring (bicyclic) bond motifs is 1. The molecule has 0 aliphatic heterocycles. The maximum absolute atomic E-state index is 9.90. The van der Waals surface area contributed by atoms with Crippen LogP contribution >= 0.6 is 22.9 Å². The van der Waals surface area contributed by atoms with Crippen LogP contribution in [0.1, 0.15) is 44.4 Å². The third-order valence-electron chi connectivity index (χ3n) is 5.98. The number of hydrogen-bond donors (Lipinski definition) is 1. The van der Waals surface area contributed by atoms with Crippen molar-refractivity contribution >= 4 is 22.9 Å². The monoisotopic (exact) mass is 396 g/mol. The molecule has 0 fully saturated rings. The molecule has 0 bridgehead atoms. The zero-order chi connectivity index (χ0) is 20.0. The molecule has 3 rings (SSSR count). The molecule has 6 heteroatoms. The summed E-state index contributed by atoms with van der Waals surface area (Å²) in [6.45, 7) is 6.61. The van der Waals surface area contributed by atoms with Crippen LogP contribution in [0, 0.1) is 56.7 Å². The first-order chi connectivity index (χ1) is 12.7. The Bertz CT molecular complexity index is 944. The van der Waals surface area contributed by atoms with E-state index in [2.05, 4.69) is 39.0 Å². The minimum Gasteiger partial charge on any atom is -0.399 e. The smallest absolute Gasteiger partial charge is 0.204 e. The zero-order valence-corrected chi connectivity index (χ0v) is 17.2. The SMILES string of the molecule is CC(C)(C)[C@@H]1CC=C2[C@@H](C1)[C@@H](c1ccc(Cl)s1)C(C#N)=C(N)C2(C#N)C#N. The van der Waals surface area contributed by atoms with Gasteiger partial charge in [-0.25, -0.2) is 0 Å². The molecule has 1 aromatic heterocycles. The summed E-state index contributed by atoms with van der Waals surface area (Å²) in [5, 5.41) is 29.7. The molecule has 2 N–H and O–H groups in total. The zero-order valence-electron chi connectivity index (χ0n) is 15.6. The molecule has 0 radical (unpaired) electrons. The Morgan fingerprint density at radius 2 is 1.89 bits per heavy atom. The van der Waals surface area contributed by atoms with Crippen molar-refractivity contribution in [2.45, 2.75) is 39.5 Å². The Morgan fingerprint density at radius 3 is 2.37 bits per heavy atom. The Kier molecular flexibility index (Phi) is 4.85. The van der Waals surface area contributed by atoms with Gasteiger partial charge in [0.25, 0.3) is 0 Å². The molecule has 0 aromatic carbocycles. The van der Waals surface area contributed by atoms with Gasteiger partial charge in [0.05, 0.1) is 33.8 Å². The van der Waals surface area contributed by atoms with Gasteiger partial charge in [-0.1, -0.05) is 38.4 Å². The van der Waals surface area contributed by atoms with Crippen molar-refractivity contribution in [3.63, 3.8) is 0 Å². The molecule has 2 aliphatic carbocycles. The van der Waals surface area contributed by atoms with Crippen molar-refractivity contribution in [1.82, 2.24) is 0 Å². The minimum absolute atomic E-state index is 0.0706. The predicted molar refractivity (Wildman–Crippen MR) is 106 cm³/mol. The number of halogens is 1. The fourth-order valence-corrected chi connectivity index (χ4v) is 5.61. The highest BCUT2D eigenvalue weighted by molar-refractivity contribution is 7.16. The third-order valence-corrected chi connectivity index (χ3v) is 7.30. The van der Waals surface area contributed by atoms with Crippen molar-refractivity contribution in [1.29, 1.82) is 15.8 Å². The van der Waals surface area contributed by atoms with Crippen molar-refractivity contribution in [2.24, 2.45) is 28.4 Å². The van der Waals surface area contributed by atoms with Crippen LogP contribution in [-0.4, -0.2) is 0 Å². The highest BCUT2D eigenvalue weighted by Crippen LogP contribution is 2.58. The number of nitriles is 3. The molecular formula is C21H21ClN4S. The summed E-state index contributed by atoms with van der Waals surface area (Å²) in [4.78, 5) is 0.953. The average molecular weight is 397 g/mol. The number of rotatable bonds is 1. The summed E-state index contributed by atoms with van der Waals surface area (Å²) in [5.41, 5.74) is 5.97. The minimum atomic E-state index is -1.56. The van der Waals surface area contributed by atoms with Crippen LogP contribution in [0.2, 0.25) is 4.34 Å². The molecule has 0 amide bonds. The van der Waals surface area contributed by atoms with E-state index >= 15 is 0 Å². The van der Waals surface area contributed by atoms with E-state index in [1.54, 1.807) is 0 Å². The topological polar surface area (TPSA) is 97.4 Å².